The first kappa shape index (κ1) is 19.6. The van der Waals surface area contributed by atoms with Gasteiger partial charge in [0.15, 0.2) is 0 Å². The molecule has 0 radical (unpaired) electrons. The summed E-state index contributed by atoms with van der Waals surface area (Å²) in [6.45, 7) is 4.08. The molecule has 2 heterocycles. The van der Waals surface area contributed by atoms with Gasteiger partial charge in [0.1, 0.15) is 11.6 Å². The summed E-state index contributed by atoms with van der Waals surface area (Å²) >= 11 is 0. The van der Waals surface area contributed by atoms with Crippen LogP contribution in [0.4, 0.5) is 10.1 Å². The number of piperidine rings is 1. The van der Waals surface area contributed by atoms with Crippen molar-refractivity contribution >= 4 is 22.6 Å². The van der Waals surface area contributed by atoms with E-state index in [9.17, 15) is 9.18 Å². The van der Waals surface area contributed by atoms with E-state index in [1.54, 1.807) is 6.07 Å². The second-order valence-electron chi connectivity index (χ2n) is 7.94. The maximum atomic E-state index is 13.5. The van der Waals surface area contributed by atoms with Crippen LogP contribution in [0.2, 0.25) is 0 Å². The van der Waals surface area contributed by atoms with Gasteiger partial charge in [-0.1, -0.05) is 12.1 Å². The van der Waals surface area contributed by atoms with Crippen LogP contribution in [0.5, 0.6) is 0 Å². The Balaban J connectivity index is 1.52. The summed E-state index contributed by atoms with van der Waals surface area (Å²) in [5.74, 6) is 1.13. The van der Waals surface area contributed by atoms with Crippen LogP contribution in [-0.4, -0.2) is 28.5 Å². The molecule has 2 aromatic carbocycles. The molecule has 0 aliphatic carbocycles. The van der Waals surface area contributed by atoms with Crippen molar-refractivity contribution in [2.75, 3.05) is 18.4 Å². The lowest BCUT2D eigenvalue weighted by molar-refractivity contribution is -0.116. The number of amides is 1. The summed E-state index contributed by atoms with van der Waals surface area (Å²) in [5, 5.41) is 6.43. The lowest BCUT2D eigenvalue weighted by atomic mass is 9.93. The number of aryl methyl sites for hydroxylation is 2. The van der Waals surface area contributed by atoms with E-state index < -0.39 is 0 Å². The van der Waals surface area contributed by atoms with Gasteiger partial charge in [-0.05, 0) is 69.0 Å². The molecule has 1 aromatic heterocycles. The van der Waals surface area contributed by atoms with Crippen LogP contribution in [0, 0.1) is 18.7 Å². The number of imidazole rings is 1. The minimum absolute atomic E-state index is 0.0517. The zero-order valence-corrected chi connectivity index (χ0v) is 17.0. The van der Waals surface area contributed by atoms with E-state index in [4.69, 9.17) is 0 Å². The summed E-state index contributed by atoms with van der Waals surface area (Å²) < 4.78 is 15.5. The summed E-state index contributed by atoms with van der Waals surface area (Å²) in [4.78, 5) is 17.1. The normalized spacial score (nSPS) is 15.0. The van der Waals surface area contributed by atoms with Crippen LogP contribution in [-0.2, 0) is 11.8 Å². The maximum Gasteiger partial charge on any atom is 0.224 e. The monoisotopic (exact) mass is 394 g/mol. The molecule has 0 unspecified atom stereocenters. The minimum atomic E-state index is -0.298. The Labute approximate surface area is 170 Å². The Morgan fingerprint density at radius 3 is 2.83 bits per heavy atom. The summed E-state index contributed by atoms with van der Waals surface area (Å²) in [5.41, 5.74) is 4.19. The Bertz CT molecular complexity index is 1040. The fourth-order valence-corrected chi connectivity index (χ4v) is 4.05. The standard InChI is InChI=1S/C23H27FN4O/c1-15-3-5-17(23-27-20-14-18(24)6-7-21(20)28(23)2)13-19(15)26-22(29)8-4-16-9-11-25-12-10-16/h3,5-7,13-14,16,25H,4,8-12H2,1-2H3,(H,26,29). The molecule has 152 valence electrons. The van der Waals surface area contributed by atoms with Gasteiger partial charge >= 0.3 is 0 Å². The second-order valence-corrected chi connectivity index (χ2v) is 7.94. The largest absolute Gasteiger partial charge is 0.327 e. The number of benzene rings is 2. The third kappa shape index (κ3) is 4.32. The SMILES string of the molecule is Cc1ccc(-c2nc3cc(F)ccc3n2C)cc1NC(=O)CCC1CCNCC1. The Morgan fingerprint density at radius 1 is 1.24 bits per heavy atom. The number of hydrogen-bond acceptors (Lipinski definition) is 3. The van der Waals surface area contributed by atoms with Gasteiger partial charge in [0.2, 0.25) is 5.91 Å². The smallest absolute Gasteiger partial charge is 0.224 e. The Hall–Kier alpha value is -2.73. The second kappa shape index (κ2) is 8.33. The van der Waals surface area contributed by atoms with Crippen LogP contribution < -0.4 is 10.6 Å². The molecular weight excluding hydrogens is 367 g/mol. The third-order valence-electron chi connectivity index (χ3n) is 5.85. The molecule has 6 heteroatoms. The number of carbonyl (C=O) groups is 1. The van der Waals surface area contributed by atoms with Gasteiger partial charge in [-0.3, -0.25) is 4.79 Å². The fourth-order valence-electron chi connectivity index (χ4n) is 4.05. The molecular formula is C23H27FN4O. The molecule has 0 saturated carbocycles. The fraction of sp³-hybridized carbons (Fsp3) is 0.391. The van der Waals surface area contributed by atoms with Crippen molar-refractivity contribution < 1.29 is 9.18 Å². The number of halogens is 1. The molecule has 0 spiro atoms. The maximum absolute atomic E-state index is 13.5. The number of nitrogens with zero attached hydrogens (tertiary/aromatic N) is 2. The highest BCUT2D eigenvalue weighted by molar-refractivity contribution is 5.92. The van der Waals surface area contributed by atoms with Crippen molar-refractivity contribution in [1.29, 1.82) is 0 Å². The number of rotatable bonds is 5. The third-order valence-corrected chi connectivity index (χ3v) is 5.85. The van der Waals surface area contributed by atoms with Gasteiger partial charge in [-0.15, -0.1) is 0 Å². The van der Waals surface area contributed by atoms with E-state index >= 15 is 0 Å². The molecule has 0 bridgehead atoms. The molecule has 4 rings (SSSR count). The Morgan fingerprint density at radius 2 is 2.03 bits per heavy atom. The summed E-state index contributed by atoms with van der Waals surface area (Å²) in [7, 11) is 1.92. The van der Waals surface area contributed by atoms with Crippen molar-refractivity contribution in [2.24, 2.45) is 13.0 Å². The van der Waals surface area contributed by atoms with Crippen LogP contribution in [0.1, 0.15) is 31.2 Å². The number of fused-ring (bicyclic) bond motifs is 1. The van der Waals surface area contributed by atoms with E-state index in [0.29, 0.717) is 17.9 Å². The molecule has 1 aliphatic heterocycles. The molecule has 1 saturated heterocycles. The molecule has 2 N–H and O–H groups in total. The number of aromatic nitrogens is 2. The van der Waals surface area contributed by atoms with Crippen LogP contribution in [0.3, 0.4) is 0 Å². The van der Waals surface area contributed by atoms with E-state index in [2.05, 4.69) is 15.6 Å². The van der Waals surface area contributed by atoms with Crippen LogP contribution >= 0.6 is 0 Å². The molecule has 0 atom stereocenters. The lowest BCUT2D eigenvalue weighted by Crippen LogP contribution is -2.28. The Kier molecular flexibility index (Phi) is 5.62. The predicted octanol–water partition coefficient (Wildman–Crippen LogP) is 4.41. The van der Waals surface area contributed by atoms with Crippen LogP contribution in [0.25, 0.3) is 22.4 Å². The van der Waals surface area contributed by atoms with Gasteiger partial charge in [0.25, 0.3) is 0 Å². The van der Waals surface area contributed by atoms with Gasteiger partial charge in [-0.25, -0.2) is 9.37 Å². The molecule has 1 aliphatic rings. The first-order valence-corrected chi connectivity index (χ1v) is 10.2. The van der Waals surface area contributed by atoms with Crippen molar-refractivity contribution in [3.63, 3.8) is 0 Å². The number of anilines is 1. The average Bonchev–Trinajstić information content (AvgIpc) is 3.04. The van der Waals surface area contributed by atoms with Crippen molar-refractivity contribution in [2.45, 2.75) is 32.6 Å². The van der Waals surface area contributed by atoms with Gasteiger partial charge in [-0.2, -0.15) is 0 Å². The molecule has 3 aromatic rings. The van der Waals surface area contributed by atoms with E-state index in [1.165, 1.54) is 12.1 Å². The van der Waals surface area contributed by atoms with E-state index in [1.807, 2.05) is 36.7 Å². The highest BCUT2D eigenvalue weighted by atomic mass is 19.1. The van der Waals surface area contributed by atoms with Gasteiger partial charge in [0, 0.05) is 30.8 Å². The molecule has 5 nitrogen and oxygen atoms in total. The molecule has 1 fully saturated rings. The van der Waals surface area contributed by atoms with Crippen molar-refractivity contribution in [3.8, 4) is 11.4 Å². The highest BCUT2D eigenvalue weighted by Gasteiger charge is 2.16. The molecule has 1 amide bonds. The number of nitrogens with one attached hydrogen (secondary N) is 2. The van der Waals surface area contributed by atoms with E-state index in [0.717, 1.165) is 60.5 Å². The van der Waals surface area contributed by atoms with Crippen molar-refractivity contribution in [1.82, 2.24) is 14.9 Å². The van der Waals surface area contributed by atoms with Gasteiger partial charge < -0.3 is 15.2 Å². The van der Waals surface area contributed by atoms with E-state index in [-0.39, 0.29) is 11.7 Å². The van der Waals surface area contributed by atoms with Crippen LogP contribution in [0.15, 0.2) is 36.4 Å². The number of carbonyl (C=O) groups excluding carboxylic acids is 1. The molecule has 29 heavy (non-hydrogen) atoms. The highest BCUT2D eigenvalue weighted by Crippen LogP contribution is 2.28. The zero-order chi connectivity index (χ0) is 20.4. The minimum Gasteiger partial charge on any atom is -0.327 e. The quantitative estimate of drug-likeness (QED) is 0.674. The first-order valence-electron chi connectivity index (χ1n) is 10.2. The summed E-state index contributed by atoms with van der Waals surface area (Å²) in [6, 6.07) is 10.5. The average molecular weight is 394 g/mol. The predicted molar refractivity (Wildman–Crippen MR) is 114 cm³/mol. The summed E-state index contributed by atoms with van der Waals surface area (Å²) in [6.07, 6.45) is 3.77. The number of hydrogen-bond donors (Lipinski definition) is 2. The zero-order valence-electron chi connectivity index (χ0n) is 17.0. The van der Waals surface area contributed by atoms with Gasteiger partial charge in [0.05, 0.1) is 11.0 Å². The topological polar surface area (TPSA) is 59.0 Å². The van der Waals surface area contributed by atoms with Crippen molar-refractivity contribution in [3.05, 3.63) is 47.8 Å². The first-order chi connectivity index (χ1) is 14.0. The lowest BCUT2D eigenvalue weighted by Gasteiger charge is -2.22.